The van der Waals surface area contributed by atoms with Crippen LogP contribution in [-0.4, -0.2) is 22.6 Å². The van der Waals surface area contributed by atoms with Gasteiger partial charge in [-0.3, -0.25) is 9.78 Å². The summed E-state index contributed by atoms with van der Waals surface area (Å²) >= 11 is 0. The molecule has 1 aliphatic rings. The van der Waals surface area contributed by atoms with Gasteiger partial charge in [-0.2, -0.15) is 5.26 Å². The van der Waals surface area contributed by atoms with E-state index in [1.165, 1.54) is 0 Å². The number of hydrogen-bond acceptors (Lipinski definition) is 4. The maximum atomic E-state index is 11.7. The van der Waals surface area contributed by atoms with Gasteiger partial charge in [-0.25, -0.2) is 0 Å². The third-order valence-electron chi connectivity index (χ3n) is 4.07. The number of nitrogens with one attached hydrogen (secondary N) is 1. The van der Waals surface area contributed by atoms with Crippen molar-refractivity contribution < 1.29 is 9.90 Å². The molecule has 0 amide bonds. The Morgan fingerprint density at radius 3 is 2.70 bits per heavy atom. The SMILES string of the molecule is N#Cc1ccncc1NCC1(C(=O)O)CCCCCC1. The van der Waals surface area contributed by atoms with E-state index in [1.54, 1.807) is 18.5 Å². The van der Waals surface area contributed by atoms with Gasteiger partial charge < -0.3 is 10.4 Å². The van der Waals surface area contributed by atoms with E-state index in [2.05, 4.69) is 16.4 Å². The molecule has 0 bridgehead atoms. The number of hydrogen-bond donors (Lipinski definition) is 2. The smallest absolute Gasteiger partial charge is 0.311 e. The van der Waals surface area contributed by atoms with Crippen LogP contribution in [0, 0.1) is 16.7 Å². The zero-order valence-electron chi connectivity index (χ0n) is 11.4. The maximum absolute atomic E-state index is 11.7. The van der Waals surface area contributed by atoms with Crippen molar-refractivity contribution >= 4 is 11.7 Å². The number of anilines is 1. The summed E-state index contributed by atoms with van der Waals surface area (Å²) in [7, 11) is 0. The molecule has 0 unspecified atom stereocenters. The van der Waals surface area contributed by atoms with Crippen molar-refractivity contribution in [1.29, 1.82) is 5.26 Å². The lowest BCUT2D eigenvalue weighted by Crippen LogP contribution is -2.37. The van der Waals surface area contributed by atoms with Crippen LogP contribution in [0.15, 0.2) is 18.5 Å². The monoisotopic (exact) mass is 273 g/mol. The summed E-state index contributed by atoms with van der Waals surface area (Å²) in [6.07, 6.45) is 8.62. The number of nitrogens with zero attached hydrogens (tertiary/aromatic N) is 2. The van der Waals surface area contributed by atoms with Crippen LogP contribution in [0.2, 0.25) is 0 Å². The average molecular weight is 273 g/mol. The van der Waals surface area contributed by atoms with Crippen molar-refractivity contribution in [2.45, 2.75) is 38.5 Å². The van der Waals surface area contributed by atoms with Crippen LogP contribution in [-0.2, 0) is 4.79 Å². The quantitative estimate of drug-likeness (QED) is 0.824. The van der Waals surface area contributed by atoms with Gasteiger partial charge in [0.05, 0.1) is 22.9 Å². The molecule has 106 valence electrons. The summed E-state index contributed by atoms with van der Waals surface area (Å²) in [4.78, 5) is 15.7. The molecule has 0 radical (unpaired) electrons. The van der Waals surface area contributed by atoms with Crippen molar-refractivity contribution in [3.63, 3.8) is 0 Å². The Labute approximate surface area is 118 Å². The van der Waals surface area contributed by atoms with Gasteiger partial charge in [0.1, 0.15) is 6.07 Å². The van der Waals surface area contributed by atoms with Crippen molar-refractivity contribution in [3.8, 4) is 6.07 Å². The van der Waals surface area contributed by atoms with E-state index in [4.69, 9.17) is 5.26 Å². The van der Waals surface area contributed by atoms with Crippen LogP contribution in [0.25, 0.3) is 0 Å². The number of carboxylic acids is 1. The van der Waals surface area contributed by atoms with Crippen molar-refractivity contribution in [2.24, 2.45) is 5.41 Å². The number of aromatic nitrogens is 1. The van der Waals surface area contributed by atoms with Crippen LogP contribution in [0.1, 0.15) is 44.1 Å². The van der Waals surface area contributed by atoms with E-state index in [-0.39, 0.29) is 0 Å². The largest absolute Gasteiger partial charge is 0.481 e. The Bertz CT molecular complexity index is 514. The van der Waals surface area contributed by atoms with Gasteiger partial charge in [0.25, 0.3) is 0 Å². The second kappa shape index (κ2) is 6.38. The molecular formula is C15H19N3O2. The van der Waals surface area contributed by atoms with E-state index in [0.717, 1.165) is 25.7 Å². The standard InChI is InChI=1S/C15H19N3O2/c16-9-12-5-8-17-10-13(12)18-11-15(14(19)20)6-3-1-2-4-7-15/h5,8,10,18H,1-4,6-7,11H2,(H,19,20). The molecular weight excluding hydrogens is 254 g/mol. The molecule has 5 heteroatoms. The molecule has 0 atom stereocenters. The molecule has 0 spiro atoms. The first-order valence-electron chi connectivity index (χ1n) is 6.99. The van der Waals surface area contributed by atoms with E-state index in [9.17, 15) is 9.90 Å². The summed E-state index contributed by atoms with van der Waals surface area (Å²) in [5, 5.41) is 21.8. The van der Waals surface area contributed by atoms with Crippen LogP contribution in [0.3, 0.4) is 0 Å². The van der Waals surface area contributed by atoms with Gasteiger partial charge in [-0.1, -0.05) is 25.7 Å². The fraction of sp³-hybridized carbons (Fsp3) is 0.533. The average Bonchev–Trinajstić information content (AvgIpc) is 2.72. The van der Waals surface area contributed by atoms with Crippen LogP contribution in [0.5, 0.6) is 0 Å². The molecule has 1 aromatic heterocycles. The van der Waals surface area contributed by atoms with Gasteiger partial charge in [-0.15, -0.1) is 0 Å². The highest BCUT2D eigenvalue weighted by molar-refractivity contribution is 5.75. The first-order chi connectivity index (χ1) is 9.68. The molecule has 2 rings (SSSR count). The van der Waals surface area contributed by atoms with E-state index in [1.807, 2.05) is 0 Å². The highest BCUT2D eigenvalue weighted by Crippen LogP contribution is 2.35. The summed E-state index contributed by atoms with van der Waals surface area (Å²) in [6.45, 7) is 0.350. The fourth-order valence-corrected chi connectivity index (χ4v) is 2.77. The Morgan fingerprint density at radius 1 is 1.40 bits per heavy atom. The van der Waals surface area contributed by atoms with Crippen LogP contribution in [0.4, 0.5) is 5.69 Å². The number of aliphatic carboxylic acids is 1. The number of nitriles is 1. The first kappa shape index (κ1) is 14.3. The molecule has 0 aliphatic heterocycles. The first-order valence-corrected chi connectivity index (χ1v) is 6.99. The Morgan fingerprint density at radius 2 is 2.10 bits per heavy atom. The predicted molar refractivity (Wildman–Crippen MR) is 75.2 cm³/mol. The Hall–Kier alpha value is -2.09. The number of carbonyl (C=O) groups is 1. The highest BCUT2D eigenvalue weighted by Gasteiger charge is 2.38. The zero-order valence-corrected chi connectivity index (χ0v) is 11.4. The highest BCUT2D eigenvalue weighted by atomic mass is 16.4. The van der Waals surface area contributed by atoms with Crippen molar-refractivity contribution in [1.82, 2.24) is 4.98 Å². The molecule has 5 nitrogen and oxygen atoms in total. The number of pyridine rings is 1. The molecule has 0 saturated heterocycles. The molecule has 2 N–H and O–H groups in total. The van der Waals surface area contributed by atoms with E-state index >= 15 is 0 Å². The van der Waals surface area contributed by atoms with Gasteiger partial charge in [-0.05, 0) is 18.9 Å². The lowest BCUT2D eigenvalue weighted by Gasteiger charge is -2.28. The molecule has 1 heterocycles. The van der Waals surface area contributed by atoms with Gasteiger partial charge in [0.2, 0.25) is 0 Å². The lowest BCUT2D eigenvalue weighted by atomic mass is 9.80. The minimum absolute atomic E-state index is 0.350. The lowest BCUT2D eigenvalue weighted by molar-refractivity contribution is -0.149. The van der Waals surface area contributed by atoms with Crippen molar-refractivity contribution in [2.75, 3.05) is 11.9 Å². The Kier molecular flexibility index (Phi) is 4.57. The van der Waals surface area contributed by atoms with Crippen LogP contribution >= 0.6 is 0 Å². The van der Waals surface area contributed by atoms with E-state index < -0.39 is 11.4 Å². The van der Waals surface area contributed by atoms with Crippen LogP contribution < -0.4 is 5.32 Å². The van der Waals surface area contributed by atoms with Crippen molar-refractivity contribution in [3.05, 3.63) is 24.0 Å². The minimum atomic E-state index is -0.741. The second-order valence-electron chi connectivity index (χ2n) is 5.39. The summed E-state index contributed by atoms with van der Waals surface area (Å²) in [5.74, 6) is -0.741. The van der Waals surface area contributed by atoms with Gasteiger partial charge in [0.15, 0.2) is 0 Å². The van der Waals surface area contributed by atoms with Gasteiger partial charge in [0, 0.05) is 12.7 Å². The van der Waals surface area contributed by atoms with Gasteiger partial charge >= 0.3 is 5.97 Å². The summed E-state index contributed by atoms with van der Waals surface area (Å²) in [5.41, 5.74) is 0.382. The topological polar surface area (TPSA) is 86.0 Å². The molecule has 0 aromatic carbocycles. The Balaban J connectivity index is 2.13. The maximum Gasteiger partial charge on any atom is 0.311 e. The molecule has 1 aliphatic carbocycles. The third kappa shape index (κ3) is 3.08. The van der Waals surface area contributed by atoms with E-state index in [0.29, 0.717) is 30.6 Å². The second-order valence-corrected chi connectivity index (χ2v) is 5.39. The molecule has 1 fully saturated rings. The summed E-state index contributed by atoms with van der Waals surface area (Å²) in [6, 6.07) is 3.72. The number of rotatable bonds is 4. The third-order valence-corrected chi connectivity index (χ3v) is 4.07. The molecule has 1 aromatic rings. The molecule has 20 heavy (non-hydrogen) atoms. The zero-order chi connectivity index (χ0) is 14.4. The normalized spacial score (nSPS) is 17.8. The predicted octanol–water partition coefficient (Wildman–Crippen LogP) is 2.79. The minimum Gasteiger partial charge on any atom is -0.481 e. The summed E-state index contributed by atoms with van der Waals surface area (Å²) < 4.78 is 0. The molecule has 1 saturated carbocycles. The number of carboxylic acid groups (broad SMARTS) is 1. The fourth-order valence-electron chi connectivity index (χ4n) is 2.77.